The lowest BCUT2D eigenvalue weighted by molar-refractivity contribution is 0.446. The number of benzene rings is 2. The summed E-state index contributed by atoms with van der Waals surface area (Å²) in [7, 11) is 0. The molecule has 0 radical (unpaired) electrons. The summed E-state index contributed by atoms with van der Waals surface area (Å²) >= 11 is 5.88. The molecule has 124 valence electrons. The second-order valence-corrected chi connectivity index (χ2v) is 5.95. The van der Waals surface area contributed by atoms with E-state index in [2.05, 4.69) is 25.6 Å². The van der Waals surface area contributed by atoms with Crippen LogP contribution in [-0.4, -0.2) is 30.4 Å². The van der Waals surface area contributed by atoms with Gasteiger partial charge >= 0.3 is 0 Å². The van der Waals surface area contributed by atoms with E-state index in [0.717, 1.165) is 11.1 Å². The van der Waals surface area contributed by atoms with Gasteiger partial charge in [-0.25, -0.2) is 0 Å². The van der Waals surface area contributed by atoms with E-state index in [9.17, 15) is 0 Å². The fourth-order valence-electron chi connectivity index (χ4n) is 2.28. The number of nitrogens with zero attached hydrogens (tertiary/aromatic N) is 6. The third-order valence-corrected chi connectivity index (χ3v) is 3.85. The lowest BCUT2D eigenvalue weighted by Gasteiger charge is -1.96. The van der Waals surface area contributed by atoms with Gasteiger partial charge in [-0.3, -0.25) is 0 Å². The molecule has 0 atom stereocenters. The Labute approximate surface area is 148 Å². The molecule has 0 aliphatic carbocycles. The molecule has 0 saturated carbocycles. The minimum atomic E-state index is 0.249. The summed E-state index contributed by atoms with van der Waals surface area (Å²) in [6, 6.07) is 15.1. The van der Waals surface area contributed by atoms with Crippen LogP contribution in [-0.2, 0) is 6.54 Å². The lowest BCUT2D eigenvalue weighted by atomic mass is 10.1. The van der Waals surface area contributed by atoms with Crippen molar-refractivity contribution < 1.29 is 4.42 Å². The van der Waals surface area contributed by atoms with Crippen LogP contribution in [0.1, 0.15) is 11.5 Å². The Morgan fingerprint density at radius 3 is 2.40 bits per heavy atom. The molecule has 2 aromatic heterocycles. The maximum Gasteiger partial charge on any atom is 0.247 e. The van der Waals surface area contributed by atoms with Crippen LogP contribution >= 0.6 is 11.6 Å². The molecule has 0 aliphatic rings. The normalized spacial score (nSPS) is 11.0. The monoisotopic (exact) mass is 352 g/mol. The van der Waals surface area contributed by atoms with E-state index in [-0.39, 0.29) is 6.54 Å². The van der Waals surface area contributed by atoms with Crippen LogP contribution < -0.4 is 0 Å². The summed E-state index contributed by atoms with van der Waals surface area (Å²) in [5.41, 5.74) is 2.89. The molecule has 0 unspecified atom stereocenters. The van der Waals surface area contributed by atoms with E-state index in [1.807, 2.05) is 43.3 Å². The Bertz CT molecular complexity index is 909. The van der Waals surface area contributed by atoms with Gasteiger partial charge in [0.1, 0.15) is 6.54 Å². The zero-order valence-corrected chi connectivity index (χ0v) is 14.1. The first-order valence-electron chi connectivity index (χ1n) is 7.60. The smallest absolute Gasteiger partial charge is 0.247 e. The summed E-state index contributed by atoms with van der Waals surface area (Å²) in [5.74, 6) is 1.38. The number of hydrogen-bond acceptors (Lipinski definition) is 6. The average molecular weight is 353 g/mol. The van der Waals surface area contributed by atoms with E-state index in [4.69, 9.17) is 16.0 Å². The van der Waals surface area contributed by atoms with Gasteiger partial charge in [-0.05, 0) is 36.4 Å². The number of aromatic nitrogens is 6. The van der Waals surface area contributed by atoms with Crippen molar-refractivity contribution in [2.24, 2.45) is 0 Å². The molecule has 4 rings (SSSR count). The van der Waals surface area contributed by atoms with E-state index in [1.54, 1.807) is 12.1 Å². The van der Waals surface area contributed by atoms with Crippen LogP contribution in [0.4, 0.5) is 0 Å². The van der Waals surface area contributed by atoms with Gasteiger partial charge in [-0.2, -0.15) is 4.80 Å². The number of rotatable bonds is 4. The van der Waals surface area contributed by atoms with Gasteiger partial charge in [-0.1, -0.05) is 41.4 Å². The van der Waals surface area contributed by atoms with E-state index in [0.29, 0.717) is 22.6 Å². The van der Waals surface area contributed by atoms with Crippen LogP contribution in [0.3, 0.4) is 0 Å². The highest BCUT2D eigenvalue weighted by Crippen LogP contribution is 2.20. The summed E-state index contributed by atoms with van der Waals surface area (Å²) in [5, 5.41) is 21.2. The first kappa shape index (κ1) is 15.5. The number of hydrogen-bond donors (Lipinski definition) is 0. The molecule has 0 amide bonds. The maximum absolute atomic E-state index is 5.88. The summed E-state index contributed by atoms with van der Waals surface area (Å²) in [6.45, 7) is 2.28. The predicted octanol–water partition coefficient (Wildman–Crippen LogP) is 3.40. The van der Waals surface area contributed by atoms with Gasteiger partial charge < -0.3 is 4.42 Å². The summed E-state index contributed by atoms with van der Waals surface area (Å²) < 4.78 is 5.65. The quantitative estimate of drug-likeness (QED) is 0.559. The minimum Gasteiger partial charge on any atom is -0.419 e. The molecule has 8 heteroatoms. The SMILES string of the molecule is Cc1ccc(-c2nnn(Cc3nnc(-c4ccc(Cl)cc4)o3)n2)cc1. The zero-order valence-electron chi connectivity index (χ0n) is 13.3. The van der Waals surface area contributed by atoms with E-state index in [1.165, 1.54) is 10.4 Å². The Balaban J connectivity index is 1.51. The fraction of sp³-hybridized carbons (Fsp3) is 0.118. The average Bonchev–Trinajstić information content (AvgIpc) is 3.27. The van der Waals surface area contributed by atoms with Crippen molar-refractivity contribution in [1.82, 2.24) is 30.4 Å². The van der Waals surface area contributed by atoms with E-state index >= 15 is 0 Å². The van der Waals surface area contributed by atoms with Gasteiger partial charge in [0.2, 0.25) is 17.6 Å². The van der Waals surface area contributed by atoms with Crippen molar-refractivity contribution in [2.45, 2.75) is 13.5 Å². The molecule has 0 spiro atoms. The van der Waals surface area contributed by atoms with Crippen molar-refractivity contribution in [3.8, 4) is 22.8 Å². The third kappa shape index (κ3) is 3.41. The van der Waals surface area contributed by atoms with Crippen molar-refractivity contribution in [3.63, 3.8) is 0 Å². The lowest BCUT2D eigenvalue weighted by Crippen LogP contribution is -2.04. The molecule has 0 aliphatic heterocycles. The molecule has 2 heterocycles. The molecular formula is C17H13ClN6O. The molecule has 2 aromatic carbocycles. The Morgan fingerprint density at radius 1 is 0.920 bits per heavy atom. The Morgan fingerprint density at radius 2 is 1.64 bits per heavy atom. The number of tetrazole rings is 1. The van der Waals surface area contributed by atoms with Crippen molar-refractivity contribution in [3.05, 3.63) is 65.0 Å². The molecule has 0 N–H and O–H groups in total. The molecule has 7 nitrogen and oxygen atoms in total. The molecule has 25 heavy (non-hydrogen) atoms. The van der Waals surface area contributed by atoms with Gasteiger partial charge in [0, 0.05) is 16.1 Å². The second kappa shape index (κ2) is 6.45. The first-order chi connectivity index (χ1) is 12.2. The van der Waals surface area contributed by atoms with Crippen LogP contribution in [0.2, 0.25) is 5.02 Å². The Kier molecular flexibility index (Phi) is 3.99. The highest BCUT2D eigenvalue weighted by molar-refractivity contribution is 6.30. The highest BCUT2D eigenvalue weighted by atomic mass is 35.5. The van der Waals surface area contributed by atoms with Crippen LogP contribution in [0, 0.1) is 6.92 Å². The second-order valence-electron chi connectivity index (χ2n) is 5.52. The molecule has 0 saturated heterocycles. The zero-order chi connectivity index (χ0) is 17.2. The van der Waals surface area contributed by atoms with Gasteiger partial charge in [0.05, 0.1) is 0 Å². The van der Waals surface area contributed by atoms with Crippen LogP contribution in [0.5, 0.6) is 0 Å². The summed E-state index contributed by atoms with van der Waals surface area (Å²) in [6.07, 6.45) is 0. The highest BCUT2D eigenvalue weighted by Gasteiger charge is 2.12. The van der Waals surface area contributed by atoms with Crippen molar-refractivity contribution >= 4 is 11.6 Å². The topological polar surface area (TPSA) is 82.5 Å². The molecule has 4 aromatic rings. The third-order valence-electron chi connectivity index (χ3n) is 3.60. The van der Waals surface area contributed by atoms with Gasteiger partial charge in [0.15, 0.2) is 0 Å². The number of aryl methyl sites for hydroxylation is 1. The molecular weight excluding hydrogens is 340 g/mol. The van der Waals surface area contributed by atoms with Crippen LogP contribution in [0.25, 0.3) is 22.8 Å². The van der Waals surface area contributed by atoms with Gasteiger partial charge in [-0.15, -0.1) is 20.4 Å². The summed E-state index contributed by atoms with van der Waals surface area (Å²) in [4.78, 5) is 1.42. The van der Waals surface area contributed by atoms with Crippen LogP contribution in [0.15, 0.2) is 52.9 Å². The fourth-order valence-corrected chi connectivity index (χ4v) is 2.40. The Hall–Kier alpha value is -3.06. The molecule has 0 fully saturated rings. The minimum absolute atomic E-state index is 0.249. The number of halogens is 1. The predicted molar refractivity (Wildman–Crippen MR) is 91.8 cm³/mol. The maximum atomic E-state index is 5.88. The van der Waals surface area contributed by atoms with E-state index < -0.39 is 0 Å². The van der Waals surface area contributed by atoms with Crippen molar-refractivity contribution in [2.75, 3.05) is 0 Å². The molecule has 0 bridgehead atoms. The first-order valence-corrected chi connectivity index (χ1v) is 7.98. The largest absolute Gasteiger partial charge is 0.419 e. The van der Waals surface area contributed by atoms with Crippen molar-refractivity contribution in [1.29, 1.82) is 0 Å². The van der Waals surface area contributed by atoms with Gasteiger partial charge in [0.25, 0.3) is 0 Å². The standard InChI is InChI=1S/C17H13ClN6O/c1-11-2-4-12(5-3-11)16-20-23-24(22-16)10-15-19-21-17(25-15)13-6-8-14(18)9-7-13/h2-9H,10H2,1H3.